The van der Waals surface area contributed by atoms with Gasteiger partial charge in [0.1, 0.15) is 12.4 Å². The fraction of sp³-hybridized carbons (Fsp3) is 0.179. The first-order valence-electron chi connectivity index (χ1n) is 11.8. The fourth-order valence-corrected chi connectivity index (χ4v) is 4.56. The highest BCUT2D eigenvalue weighted by molar-refractivity contribution is 8.18. The minimum atomic E-state index is -0.383. The molecular weight excluding hydrogens is 528 g/mol. The van der Waals surface area contributed by atoms with Crippen molar-refractivity contribution in [2.24, 2.45) is 0 Å². The maximum Gasteiger partial charge on any atom is 0.293 e. The first-order valence-corrected chi connectivity index (χ1v) is 13.0. The number of hydrogen-bond donors (Lipinski definition) is 1. The monoisotopic (exact) mass is 552 g/mol. The zero-order valence-corrected chi connectivity index (χ0v) is 22.1. The maximum absolute atomic E-state index is 12.8. The molecule has 1 N–H and O–H groups in total. The Labute approximate surface area is 229 Å². The quantitative estimate of drug-likeness (QED) is 0.297. The molecule has 0 saturated carbocycles. The molecule has 10 heteroatoms. The van der Waals surface area contributed by atoms with E-state index in [0.29, 0.717) is 45.0 Å². The van der Waals surface area contributed by atoms with E-state index in [1.165, 1.54) is 0 Å². The van der Waals surface area contributed by atoms with Gasteiger partial charge in [0, 0.05) is 0 Å². The lowest BCUT2D eigenvalue weighted by Gasteiger charge is -2.13. The summed E-state index contributed by atoms with van der Waals surface area (Å²) >= 11 is 6.95. The summed E-state index contributed by atoms with van der Waals surface area (Å²) in [5.74, 6) is 0.676. The summed E-state index contributed by atoms with van der Waals surface area (Å²) < 4.78 is 17.0. The number of imide groups is 1. The standard InChI is InChI=1S/C28H25ClN2O6S/c1-2-35-24-16-19(12-13-23(24)37-18-26(32)30-22-11-7-6-10-21(22)29)17-25-27(33)31(28(34)38-25)14-15-36-20-8-4-3-5-9-20/h3-13,16-17H,2,14-15,18H2,1H3,(H,30,32)/b25-17-. The largest absolute Gasteiger partial charge is 0.492 e. The molecule has 8 nitrogen and oxygen atoms in total. The Bertz CT molecular complexity index is 1350. The molecule has 0 unspecified atom stereocenters. The predicted molar refractivity (Wildman–Crippen MR) is 148 cm³/mol. The first-order chi connectivity index (χ1) is 18.4. The number of para-hydroxylation sites is 2. The second kappa shape index (κ2) is 13.0. The number of nitrogens with one attached hydrogen (secondary N) is 1. The van der Waals surface area contributed by atoms with Gasteiger partial charge >= 0.3 is 0 Å². The number of rotatable bonds is 11. The van der Waals surface area contributed by atoms with Crippen molar-refractivity contribution in [3.63, 3.8) is 0 Å². The summed E-state index contributed by atoms with van der Waals surface area (Å²) in [5.41, 5.74) is 1.14. The molecule has 1 aliphatic heterocycles. The topological polar surface area (TPSA) is 94.2 Å². The van der Waals surface area contributed by atoms with Crippen LogP contribution < -0.4 is 19.5 Å². The lowest BCUT2D eigenvalue weighted by molar-refractivity contribution is -0.123. The summed E-state index contributed by atoms with van der Waals surface area (Å²) in [6.45, 7) is 2.27. The third-order valence-electron chi connectivity index (χ3n) is 5.27. The van der Waals surface area contributed by atoms with Gasteiger partial charge in [0.15, 0.2) is 18.1 Å². The Hall–Kier alpha value is -3.95. The smallest absolute Gasteiger partial charge is 0.293 e. The summed E-state index contributed by atoms with van der Waals surface area (Å²) in [7, 11) is 0. The highest BCUT2D eigenvalue weighted by Gasteiger charge is 2.34. The van der Waals surface area contributed by atoms with E-state index >= 15 is 0 Å². The van der Waals surface area contributed by atoms with Gasteiger partial charge in [0.2, 0.25) is 0 Å². The van der Waals surface area contributed by atoms with E-state index in [1.54, 1.807) is 48.5 Å². The van der Waals surface area contributed by atoms with Crippen molar-refractivity contribution >= 4 is 52.2 Å². The molecule has 4 rings (SSSR count). The normalized spacial score (nSPS) is 14.1. The minimum Gasteiger partial charge on any atom is -0.492 e. The van der Waals surface area contributed by atoms with Crippen molar-refractivity contribution in [2.75, 3.05) is 31.7 Å². The molecule has 1 saturated heterocycles. The molecule has 0 radical (unpaired) electrons. The summed E-state index contributed by atoms with van der Waals surface area (Å²) in [4.78, 5) is 39.1. The van der Waals surface area contributed by atoms with Gasteiger partial charge in [-0.05, 0) is 66.7 Å². The van der Waals surface area contributed by atoms with Crippen LogP contribution in [0.25, 0.3) is 6.08 Å². The minimum absolute atomic E-state index is 0.143. The third-order valence-corrected chi connectivity index (χ3v) is 6.51. The van der Waals surface area contributed by atoms with E-state index in [-0.39, 0.29) is 36.8 Å². The van der Waals surface area contributed by atoms with Crippen LogP contribution in [0.1, 0.15) is 12.5 Å². The van der Waals surface area contributed by atoms with Crippen LogP contribution in [-0.4, -0.2) is 48.3 Å². The lowest BCUT2D eigenvalue weighted by atomic mass is 10.2. The van der Waals surface area contributed by atoms with Crippen LogP contribution in [0.3, 0.4) is 0 Å². The van der Waals surface area contributed by atoms with E-state index in [2.05, 4.69) is 5.32 Å². The van der Waals surface area contributed by atoms with Crippen molar-refractivity contribution in [1.82, 2.24) is 4.90 Å². The van der Waals surface area contributed by atoms with Gasteiger partial charge in [0.05, 0.1) is 28.8 Å². The molecule has 3 amide bonds. The molecule has 0 bridgehead atoms. The molecule has 0 aromatic heterocycles. The van der Waals surface area contributed by atoms with Crippen LogP contribution >= 0.6 is 23.4 Å². The Kier molecular flexibility index (Phi) is 9.29. The number of carbonyl (C=O) groups is 3. The molecule has 0 atom stereocenters. The zero-order valence-electron chi connectivity index (χ0n) is 20.5. The van der Waals surface area contributed by atoms with Crippen LogP contribution in [0.2, 0.25) is 5.02 Å². The van der Waals surface area contributed by atoms with Crippen molar-refractivity contribution in [2.45, 2.75) is 6.92 Å². The van der Waals surface area contributed by atoms with Crippen molar-refractivity contribution in [3.05, 3.63) is 88.3 Å². The maximum atomic E-state index is 12.8. The van der Waals surface area contributed by atoms with Gasteiger partial charge in [-0.25, -0.2) is 0 Å². The van der Waals surface area contributed by atoms with E-state index in [4.69, 9.17) is 25.8 Å². The van der Waals surface area contributed by atoms with Crippen LogP contribution in [0, 0.1) is 0 Å². The van der Waals surface area contributed by atoms with Crippen LogP contribution in [-0.2, 0) is 9.59 Å². The Morgan fingerprint density at radius 3 is 2.50 bits per heavy atom. The van der Waals surface area contributed by atoms with Gasteiger partial charge < -0.3 is 19.5 Å². The van der Waals surface area contributed by atoms with E-state index in [0.717, 1.165) is 16.7 Å². The molecular formula is C28H25ClN2O6S. The molecule has 0 spiro atoms. The highest BCUT2D eigenvalue weighted by Crippen LogP contribution is 2.34. The number of carbonyl (C=O) groups excluding carboxylic acids is 3. The molecule has 0 aliphatic carbocycles. The average Bonchev–Trinajstić information content (AvgIpc) is 3.17. The molecule has 1 heterocycles. The van der Waals surface area contributed by atoms with Crippen LogP contribution in [0.4, 0.5) is 10.5 Å². The van der Waals surface area contributed by atoms with Gasteiger partial charge in [-0.2, -0.15) is 0 Å². The zero-order chi connectivity index (χ0) is 26.9. The molecule has 3 aromatic carbocycles. The third kappa shape index (κ3) is 7.08. The molecule has 38 heavy (non-hydrogen) atoms. The number of benzene rings is 3. The molecule has 1 fully saturated rings. The highest BCUT2D eigenvalue weighted by atomic mass is 35.5. The van der Waals surface area contributed by atoms with Gasteiger partial charge in [-0.1, -0.05) is 48.0 Å². The number of halogens is 1. The van der Waals surface area contributed by atoms with E-state index in [9.17, 15) is 14.4 Å². The molecule has 3 aromatic rings. The Balaban J connectivity index is 1.38. The number of anilines is 1. The van der Waals surface area contributed by atoms with Gasteiger partial charge in [-0.3, -0.25) is 19.3 Å². The van der Waals surface area contributed by atoms with E-state index < -0.39 is 0 Å². The second-order valence-corrected chi connectivity index (χ2v) is 9.35. The van der Waals surface area contributed by atoms with E-state index in [1.807, 2.05) is 37.3 Å². The summed E-state index contributed by atoms with van der Waals surface area (Å²) in [6, 6.07) is 21.2. The number of nitrogens with zero attached hydrogens (tertiary/aromatic N) is 1. The number of thioether (sulfide) groups is 1. The summed E-state index contributed by atoms with van der Waals surface area (Å²) in [5, 5.41) is 2.77. The van der Waals surface area contributed by atoms with Gasteiger partial charge in [0.25, 0.3) is 17.1 Å². The lowest BCUT2D eigenvalue weighted by Crippen LogP contribution is -2.32. The predicted octanol–water partition coefficient (Wildman–Crippen LogP) is 5.87. The SMILES string of the molecule is CCOc1cc(/C=C2\SC(=O)N(CCOc3ccccc3)C2=O)ccc1OCC(=O)Nc1ccccc1Cl. The second-order valence-electron chi connectivity index (χ2n) is 7.95. The first kappa shape index (κ1) is 27.1. The average molecular weight is 553 g/mol. The molecule has 1 aliphatic rings. The Morgan fingerprint density at radius 1 is 0.974 bits per heavy atom. The van der Waals surface area contributed by atoms with Crippen LogP contribution in [0.15, 0.2) is 77.7 Å². The van der Waals surface area contributed by atoms with Crippen molar-refractivity contribution in [1.29, 1.82) is 0 Å². The number of amides is 3. The fourth-order valence-electron chi connectivity index (χ4n) is 3.51. The van der Waals surface area contributed by atoms with Crippen molar-refractivity contribution in [3.8, 4) is 17.2 Å². The Morgan fingerprint density at radius 2 is 1.74 bits per heavy atom. The van der Waals surface area contributed by atoms with Crippen molar-refractivity contribution < 1.29 is 28.6 Å². The molecule has 196 valence electrons. The van der Waals surface area contributed by atoms with Crippen LogP contribution in [0.5, 0.6) is 17.2 Å². The summed E-state index contributed by atoms with van der Waals surface area (Å²) in [6.07, 6.45) is 1.62. The number of hydrogen-bond acceptors (Lipinski definition) is 7. The van der Waals surface area contributed by atoms with Gasteiger partial charge in [-0.15, -0.1) is 0 Å². The number of ether oxygens (including phenoxy) is 3.